The summed E-state index contributed by atoms with van der Waals surface area (Å²) in [6.45, 7) is 7.13. The quantitative estimate of drug-likeness (QED) is 0.553. The van der Waals surface area contributed by atoms with Crippen LogP contribution in [0.15, 0.2) is 54.6 Å². The van der Waals surface area contributed by atoms with E-state index < -0.39 is 34.1 Å². The van der Waals surface area contributed by atoms with E-state index in [2.05, 4.69) is 5.32 Å². The molecule has 34 heavy (non-hydrogen) atoms. The monoisotopic (exact) mass is 489 g/mol. The lowest BCUT2D eigenvalue weighted by Gasteiger charge is -2.34. The summed E-state index contributed by atoms with van der Waals surface area (Å²) in [5, 5.41) is 2.94. The Morgan fingerprint density at radius 3 is 2.15 bits per heavy atom. The van der Waals surface area contributed by atoms with Crippen LogP contribution in [-0.4, -0.2) is 56.6 Å². The summed E-state index contributed by atoms with van der Waals surface area (Å²) < 4.78 is 31.7. The van der Waals surface area contributed by atoms with Gasteiger partial charge in [0.25, 0.3) is 0 Å². The molecule has 0 saturated carbocycles. The minimum Gasteiger partial charge on any atom is -0.495 e. The van der Waals surface area contributed by atoms with Crippen molar-refractivity contribution in [1.29, 1.82) is 0 Å². The molecular formula is C25H35N3O5S. The van der Waals surface area contributed by atoms with E-state index in [9.17, 15) is 18.0 Å². The number of ether oxygens (including phenoxy) is 1. The first kappa shape index (κ1) is 27.2. The number of nitrogens with zero attached hydrogens (tertiary/aromatic N) is 2. The van der Waals surface area contributed by atoms with Gasteiger partial charge in [-0.25, -0.2) is 8.42 Å². The number of nitrogens with one attached hydrogen (secondary N) is 1. The maximum absolute atomic E-state index is 13.6. The number of methoxy groups -OCH3 is 1. The number of benzene rings is 2. The van der Waals surface area contributed by atoms with Gasteiger partial charge in [0.15, 0.2) is 0 Å². The second-order valence-corrected chi connectivity index (χ2v) is 11.0. The first-order valence-electron chi connectivity index (χ1n) is 11.1. The van der Waals surface area contributed by atoms with Gasteiger partial charge in [-0.1, -0.05) is 49.4 Å². The van der Waals surface area contributed by atoms with Gasteiger partial charge in [0, 0.05) is 12.1 Å². The number of rotatable bonds is 10. The second-order valence-electron chi connectivity index (χ2n) is 9.11. The van der Waals surface area contributed by atoms with Crippen molar-refractivity contribution < 1.29 is 22.7 Å². The first-order valence-corrected chi connectivity index (χ1v) is 13.0. The van der Waals surface area contributed by atoms with Crippen LogP contribution in [0.1, 0.15) is 39.7 Å². The highest BCUT2D eigenvalue weighted by Crippen LogP contribution is 2.29. The molecule has 2 rings (SSSR count). The fraction of sp³-hybridized carbons (Fsp3) is 0.440. The number of hydrogen-bond donors (Lipinski definition) is 1. The summed E-state index contributed by atoms with van der Waals surface area (Å²) in [5.41, 5.74) is 0.607. The summed E-state index contributed by atoms with van der Waals surface area (Å²) in [6.07, 6.45) is 1.41. The zero-order chi connectivity index (χ0) is 25.5. The summed E-state index contributed by atoms with van der Waals surface area (Å²) in [4.78, 5) is 28.2. The van der Waals surface area contributed by atoms with Crippen molar-refractivity contribution in [3.63, 3.8) is 0 Å². The number of hydrogen-bond acceptors (Lipinski definition) is 5. The van der Waals surface area contributed by atoms with Crippen LogP contribution in [0, 0.1) is 0 Å². The van der Waals surface area contributed by atoms with Crippen molar-refractivity contribution in [2.24, 2.45) is 0 Å². The molecule has 2 aromatic carbocycles. The molecule has 2 aromatic rings. The van der Waals surface area contributed by atoms with E-state index in [0.717, 1.165) is 16.1 Å². The molecule has 0 aliphatic rings. The van der Waals surface area contributed by atoms with Crippen LogP contribution in [0.3, 0.4) is 0 Å². The predicted molar refractivity (Wildman–Crippen MR) is 134 cm³/mol. The van der Waals surface area contributed by atoms with Crippen molar-refractivity contribution in [1.82, 2.24) is 10.2 Å². The van der Waals surface area contributed by atoms with Crippen molar-refractivity contribution >= 4 is 27.5 Å². The Bertz CT molecular complexity index is 1080. The fourth-order valence-corrected chi connectivity index (χ4v) is 4.44. The third-order valence-electron chi connectivity index (χ3n) is 5.11. The fourth-order valence-electron chi connectivity index (χ4n) is 3.58. The molecule has 0 spiro atoms. The molecule has 0 saturated heterocycles. The van der Waals surface area contributed by atoms with Crippen LogP contribution >= 0.6 is 0 Å². The van der Waals surface area contributed by atoms with Gasteiger partial charge in [-0.3, -0.25) is 13.9 Å². The Kier molecular flexibility index (Phi) is 9.09. The minimum atomic E-state index is -3.83. The lowest BCUT2D eigenvalue weighted by molar-refractivity contribution is -0.141. The molecule has 0 aromatic heterocycles. The third-order valence-corrected chi connectivity index (χ3v) is 6.24. The van der Waals surface area contributed by atoms with E-state index in [1.54, 1.807) is 24.3 Å². The Morgan fingerprint density at radius 2 is 1.62 bits per heavy atom. The average molecular weight is 490 g/mol. The highest BCUT2D eigenvalue weighted by Gasteiger charge is 2.33. The van der Waals surface area contributed by atoms with Crippen LogP contribution in [0.5, 0.6) is 5.75 Å². The van der Waals surface area contributed by atoms with Crippen molar-refractivity contribution in [3.8, 4) is 5.75 Å². The van der Waals surface area contributed by atoms with Gasteiger partial charge < -0.3 is 15.0 Å². The lowest BCUT2D eigenvalue weighted by atomic mass is 10.1. The molecule has 2 amide bonds. The van der Waals surface area contributed by atoms with E-state index in [1.807, 2.05) is 58.0 Å². The Labute approximate surface area is 202 Å². The molecular weight excluding hydrogens is 454 g/mol. The van der Waals surface area contributed by atoms with Gasteiger partial charge >= 0.3 is 0 Å². The Balaban J connectivity index is 2.47. The number of carbonyl (C=O) groups is 2. The SMILES string of the molecule is CC[C@@H](C(=O)NC(C)(C)C)N(Cc1ccccc1)C(=O)CN(c1ccccc1OC)S(C)(=O)=O. The number of anilines is 1. The van der Waals surface area contributed by atoms with E-state index in [-0.39, 0.29) is 18.1 Å². The van der Waals surface area contributed by atoms with Gasteiger partial charge in [0.1, 0.15) is 18.3 Å². The van der Waals surface area contributed by atoms with Crippen LogP contribution < -0.4 is 14.4 Å². The molecule has 1 N–H and O–H groups in total. The zero-order valence-corrected chi connectivity index (χ0v) is 21.6. The molecule has 0 bridgehead atoms. The van der Waals surface area contributed by atoms with Gasteiger partial charge in [0.2, 0.25) is 21.8 Å². The number of sulfonamides is 1. The first-order chi connectivity index (χ1) is 15.9. The molecule has 9 heteroatoms. The van der Waals surface area contributed by atoms with Crippen LogP contribution in [0.4, 0.5) is 5.69 Å². The summed E-state index contributed by atoms with van der Waals surface area (Å²) >= 11 is 0. The third kappa shape index (κ3) is 7.48. The second kappa shape index (κ2) is 11.4. The smallest absolute Gasteiger partial charge is 0.244 e. The normalized spacial score (nSPS) is 12.5. The molecule has 0 heterocycles. The van der Waals surface area contributed by atoms with Crippen molar-refractivity contribution in [3.05, 3.63) is 60.2 Å². The largest absolute Gasteiger partial charge is 0.495 e. The summed E-state index contributed by atoms with van der Waals surface area (Å²) in [7, 11) is -2.39. The van der Waals surface area contributed by atoms with Crippen LogP contribution in [-0.2, 0) is 26.2 Å². The van der Waals surface area contributed by atoms with Crippen LogP contribution in [0.25, 0.3) is 0 Å². The van der Waals surface area contributed by atoms with E-state index in [1.165, 1.54) is 12.0 Å². The predicted octanol–water partition coefficient (Wildman–Crippen LogP) is 3.18. The van der Waals surface area contributed by atoms with E-state index in [4.69, 9.17) is 4.74 Å². The number of amides is 2. The molecule has 1 atom stereocenters. The van der Waals surface area contributed by atoms with Crippen molar-refractivity contribution in [2.75, 3.05) is 24.2 Å². The number of carbonyl (C=O) groups excluding carboxylic acids is 2. The minimum absolute atomic E-state index is 0.166. The highest BCUT2D eigenvalue weighted by molar-refractivity contribution is 7.92. The lowest BCUT2D eigenvalue weighted by Crippen LogP contribution is -2.55. The summed E-state index contributed by atoms with van der Waals surface area (Å²) in [6, 6.07) is 15.1. The Morgan fingerprint density at radius 1 is 1.03 bits per heavy atom. The van der Waals surface area contributed by atoms with E-state index in [0.29, 0.717) is 12.2 Å². The van der Waals surface area contributed by atoms with Gasteiger partial charge in [-0.05, 0) is 44.9 Å². The molecule has 0 fully saturated rings. The maximum atomic E-state index is 13.6. The Hall–Kier alpha value is -3.07. The zero-order valence-electron chi connectivity index (χ0n) is 20.7. The average Bonchev–Trinajstić information content (AvgIpc) is 2.76. The molecule has 0 aliphatic carbocycles. The summed E-state index contributed by atoms with van der Waals surface area (Å²) in [5.74, 6) is -0.452. The van der Waals surface area contributed by atoms with Crippen LogP contribution in [0.2, 0.25) is 0 Å². The molecule has 186 valence electrons. The molecule has 8 nitrogen and oxygen atoms in total. The highest BCUT2D eigenvalue weighted by atomic mass is 32.2. The topological polar surface area (TPSA) is 96.0 Å². The molecule has 0 aliphatic heterocycles. The number of para-hydroxylation sites is 2. The maximum Gasteiger partial charge on any atom is 0.244 e. The van der Waals surface area contributed by atoms with Gasteiger partial charge in [-0.2, -0.15) is 0 Å². The standard InChI is InChI=1S/C25H35N3O5S/c1-7-20(24(30)26-25(2,3)4)27(17-19-13-9-8-10-14-19)23(29)18-28(34(6,31)32)21-15-11-12-16-22(21)33-5/h8-16,20H,7,17-18H2,1-6H3,(H,26,30)/t20-/m0/s1. The molecule has 0 radical (unpaired) electrons. The molecule has 0 unspecified atom stereocenters. The van der Waals surface area contributed by atoms with E-state index >= 15 is 0 Å². The van der Waals surface area contributed by atoms with Gasteiger partial charge in [0.05, 0.1) is 19.1 Å². The van der Waals surface area contributed by atoms with Gasteiger partial charge in [-0.15, -0.1) is 0 Å². The van der Waals surface area contributed by atoms with Crippen molar-refractivity contribution in [2.45, 2.75) is 52.2 Å².